The van der Waals surface area contributed by atoms with Gasteiger partial charge in [0.15, 0.2) is 0 Å². The Morgan fingerprint density at radius 2 is 2.11 bits per heavy atom. The van der Waals surface area contributed by atoms with Crippen molar-refractivity contribution >= 4 is 11.9 Å². The van der Waals surface area contributed by atoms with E-state index >= 15 is 0 Å². The molecule has 0 spiro atoms. The van der Waals surface area contributed by atoms with Crippen LogP contribution >= 0.6 is 0 Å². The van der Waals surface area contributed by atoms with Crippen LogP contribution in [0.3, 0.4) is 0 Å². The Morgan fingerprint density at radius 3 is 2.67 bits per heavy atom. The quantitative estimate of drug-likeness (QED) is 0.828. The van der Waals surface area contributed by atoms with Crippen LogP contribution in [-0.2, 0) is 9.53 Å². The van der Waals surface area contributed by atoms with Gasteiger partial charge >= 0.3 is 6.03 Å². The van der Waals surface area contributed by atoms with Crippen molar-refractivity contribution in [2.75, 3.05) is 7.11 Å². The number of carbonyl (C=O) groups is 2. The molecule has 1 unspecified atom stereocenters. The van der Waals surface area contributed by atoms with Gasteiger partial charge in [0.05, 0.1) is 12.5 Å². The molecule has 1 saturated heterocycles. The van der Waals surface area contributed by atoms with Gasteiger partial charge in [-0.15, -0.1) is 0 Å². The van der Waals surface area contributed by atoms with E-state index < -0.39 is 12.3 Å². The summed E-state index contributed by atoms with van der Waals surface area (Å²) in [6.07, 6.45) is -0.163. The lowest BCUT2D eigenvalue weighted by atomic mass is 10.1. The third kappa shape index (κ3) is 2.36. The maximum absolute atomic E-state index is 11.9. The highest BCUT2D eigenvalue weighted by atomic mass is 16.5. The predicted octanol–water partition coefficient (Wildman–Crippen LogP) is 1.66. The van der Waals surface area contributed by atoms with E-state index in [0.717, 1.165) is 10.5 Å². The van der Waals surface area contributed by atoms with Crippen LogP contribution in [0.15, 0.2) is 30.3 Å². The number of likely N-dealkylation sites (tertiary alicyclic amines) is 1. The number of amides is 3. The van der Waals surface area contributed by atoms with Crippen molar-refractivity contribution in [1.29, 1.82) is 0 Å². The van der Waals surface area contributed by atoms with Crippen molar-refractivity contribution in [3.8, 4) is 0 Å². The van der Waals surface area contributed by atoms with E-state index in [4.69, 9.17) is 4.74 Å². The number of hydrogen-bond donors (Lipinski definition) is 1. The first-order chi connectivity index (χ1) is 8.63. The molecule has 96 valence electrons. The second-order valence-electron chi connectivity index (χ2n) is 4.24. The molecule has 0 aromatic heterocycles. The van der Waals surface area contributed by atoms with E-state index in [9.17, 15) is 9.59 Å². The highest BCUT2D eigenvalue weighted by molar-refractivity contribution is 5.99. The summed E-state index contributed by atoms with van der Waals surface area (Å²) in [6, 6.07) is 9.03. The summed E-state index contributed by atoms with van der Waals surface area (Å²) in [5, 5.41) is 2.78. The van der Waals surface area contributed by atoms with Crippen LogP contribution < -0.4 is 5.32 Å². The van der Waals surface area contributed by atoms with E-state index in [1.165, 1.54) is 7.11 Å². The molecular weight excluding hydrogens is 232 g/mol. The van der Waals surface area contributed by atoms with Crippen LogP contribution in [0.25, 0.3) is 0 Å². The molecule has 0 aliphatic carbocycles. The van der Waals surface area contributed by atoms with E-state index in [-0.39, 0.29) is 18.4 Å². The van der Waals surface area contributed by atoms with Gasteiger partial charge in [0.1, 0.15) is 6.23 Å². The Bertz CT molecular complexity index is 447. The van der Waals surface area contributed by atoms with Crippen molar-refractivity contribution in [3.63, 3.8) is 0 Å². The first-order valence-electron chi connectivity index (χ1n) is 5.83. The van der Waals surface area contributed by atoms with Crippen molar-refractivity contribution < 1.29 is 14.3 Å². The monoisotopic (exact) mass is 248 g/mol. The van der Waals surface area contributed by atoms with Gasteiger partial charge in [-0.2, -0.15) is 0 Å². The van der Waals surface area contributed by atoms with Crippen LogP contribution in [-0.4, -0.2) is 30.2 Å². The topological polar surface area (TPSA) is 58.6 Å². The highest BCUT2D eigenvalue weighted by Crippen LogP contribution is 2.21. The Kier molecular flexibility index (Phi) is 3.62. The summed E-state index contributed by atoms with van der Waals surface area (Å²) < 4.78 is 5.02. The number of methoxy groups -OCH3 is 1. The molecule has 1 aliphatic heterocycles. The normalized spacial score (nSPS) is 20.2. The van der Waals surface area contributed by atoms with Crippen molar-refractivity contribution in [2.45, 2.75) is 25.6 Å². The Labute approximate surface area is 106 Å². The Hall–Kier alpha value is -1.88. The standard InChI is InChI=1S/C13H16N2O3/c1-9(10-6-4-3-5-7-10)14-13(17)15-11(16)8-12(15)18-2/h3-7,9,12H,8H2,1-2H3,(H,14,17)/t9-,12?/m1/s1. The molecule has 5 nitrogen and oxygen atoms in total. The lowest BCUT2D eigenvalue weighted by Crippen LogP contribution is -2.59. The molecule has 3 amide bonds. The van der Waals surface area contributed by atoms with Gasteiger partial charge in [-0.3, -0.25) is 4.79 Å². The zero-order chi connectivity index (χ0) is 13.1. The van der Waals surface area contributed by atoms with Gasteiger partial charge < -0.3 is 10.1 Å². The highest BCUT2D eigenvalue weighted by Gasteiger charge is 2.41. The summed E-state index contributed by atoms with van der Waals surface area (Å²) >= 11 is 0. The number of carbonyl (C=O) groups excluding carboxylic acids is 2. The van der Waals surface area contributed by atoms with E-state index in [2.05, 4.69) is 5.32 Å². The molecule has 1 N–H and O–H groups in total. The van der Waals surface area contributed by atoms with E-state index in [0.29, 0.717) is 0 Å². The predicted molar refractivity (Wildman–Crippen MR) is 65.6 cm³/mol. The maximum atomic E-state index is 11.9. The summed E-state index contributed by atoms with van der Waals surface area (Å²) in [7, 11) is 1.48. The number of β-lactam (4-membered cyclic amide) rings is 1. The number of nitrogens with one attached hydrogen (secondary N) is 1. The molecule has 1 heterocycles. The number of rotatable bonds is 3. The van der Waals surface area contributed by atoms with Gasteiger partial charge in [-0.1, -0.05) is 30.3 Å². The molecule has 1 aromatic carbocycles. The van der Waals surface area contributed by atoms with Crippen LogP contribution in [0, 0.1) is 0 Å². The number of ether oxygens (including phenoxy) is 1. The zero-order valence-corrected chi connectivity index (χ0v) is 10.4. The third-order valence-electron chi connectivity index (χ3n) is 3.04. The SMILES string of the molecule is COC1CC(=O)N1C(=O)N[C@H](C)c1ccccc1. The fourth-order valence-electron chi connectivity index (χ4n) is 1.90. The zero-order valence-electron chi connectivity index (χ0n) is 10.4. The summed E-state index contributed by atoms with van der Waals surface area (Å²) in [5.41, 5.74) is 0.993. The molecular formula is C13H16N2O3. The summed E-state index contributed by atoms with van der Waals surface area (Å²) in [6.45, 7) is 1.87. The van der Waals surface area contributed by atoms with Crippen LogP contribution in [0.1, 0.15) is 24.9 Å². The molecule has 1 fully saturated rings. The number of hydrogen-bond acceptors (Lipinski definition) is 3. The molecule has 0 radical (unpaired) electrons. The number of nitrogens with zero attached hydrogens (tertiary/aromatic N) is 1. The largest absolute Gasteiger partial charge is 0.360 e. The number of urea groups is 1. The second-order valence-corrected chi connectivity index (χ2v) is 4.24. The lowest BCUT2D eigenvalue weighted by Gasteiger charge is -2.37. The molecule has 5 heteroatoms. The molecule has 1 aliphatic rings. The van der Waals surface area contributed by atoms with Gasteiger partial charge in [0.25, 0.3) is 0 Å². The minimum Gasteiger partial charge on any atom is -0.360 e. The minimum atomic E-state index is -0.430. The maximum Gasteiger partial charge on any atom is 0.326 e. The summed E-state index contributed by atoms with van der Waals surface area (Å²) in [4.78, 5) is 24.4. The van der Waals surface area contributed by atoms with Gasteiger partial charge in [-0.05, 0) is 12.5 Å². The van der Waals surface area contributed by atoms with Crippen LogP contribution in [0.2, 0.25) is 0 Å². The van der Waals surface area contributed by atoms with Crippen LogP contribution in [0.5, 0.6) is 0 Å². The average Bonchev–Trinajstić information content (AvgIpc) is 2.36. The van der Waals surface area contributed by atoms with E-state index in [1.54, 1.807) is 0 Å². The molecule has 2 rings (SSSR count). The van der Waals surface area contributed by atoms with Crippen molar-refractivity contribution in [3.05, 3.63) is 35.9 Å². The number of benzene rings is 1. The Balaban J connectivity index is 1.97. The van der Waals surface area contributed by atoms with Crippen molar-refractivity contribution in [2.24, 2.45) is 0 Å². The molecule has 2 atom stereocenters. The number of imide groups is 1. The van der Waals surface area contributed by atoms with Crippen molar-refractivity contribution in [1.82, 2.24) is 10.2 Å². The van der Waals surface area contributed by atoms with Gasteiger partial charge in [0.2, 0.25) is 5.91 Å². The first kappa shape index (κ1) is 12.6. The second kappa shape index (κ2) is 5.18. The smallest absolute Gasteiger partial charge is 0.326 e. The van der Waals surface area contributed by atoms with Gasteiger partial charge in [-0.25, -0.2) is 9.69 Å². The molecule has 0 saturated carbocycles. The van der Waals surface area contributed by atoms with Crippen LogP contribution in [0.4, 0.5) is 4.79 Å². The van der Waals surface area contributed by atoms with E-state index in [1.807, 2.05) is 37.3 Å². The minimum absolute atomic E-state index is 0.149. The lowest BCUT2D eigenvalue weighted by molar-refractivity contribution is -0.159. The molecule has 0 bridgehead atoms. The average molecular weight is 248 g/mol. The fourth-order valence-corrected chi connectivity index (χ4v) is 1.90. The third-order valence-corrected chi connectivity index (χ3v) is 3.04. The fraction of sp³-hybridized carbons (Fsp3) is 0.385. The van der Waals surface area contributed by atoms with Gasteiger partial charge in [0, 0.05) is 7.11 Å². The Morgan fingerprint density at radius 1 is 1.44 bits per heavy atom. The first-order valence-corrected chi connectivity index (χ1v) is 5.83. The molecule has 18 heavy (non-hydrogen) atoms. The molecule has 1 aromatic rings. The summed E-state index contributed by atoms with van der Waals surface area (Å²) in [5.74, 6) is -0.209.